The molecule has 3 rings (SSSR count). The van der Waals surface area contributed by atoms with Crippen LogP contribution in [0.3, 0.4) is 0 Å². The van der Waals surface area contributed by atoms with E-state index in [1.54, 1.807) is 0 Å². The Hall–Kier alpha value is -1.15. The minimum absolute atomic E-state index is 0.733. The second-order valence-corrected chi connectivity index (χ2v) is 5.11. The van der Waals surface area contributed by atoms with Crippen molar-refractivity contribution in [3.63, 3.8) is 0 Å². The van der Waals surface area contributed by atoms with E-state index in [0.717, 1.165) is 17.6 Å². The molecule has 0 saturated carbocycles. The SMILES string of the molecule is c1ccc2cc(OC[C@@H]3CS3)ccc2c1. The molecule has 0 unspecified atom stereocenters. The van der Waals surface area contributed by atoms with Crippen molar-refractivity contribution < 1.29 is 4.74 Å². The number of fused-ring (bicyclic) bond motifs is 1. The van der Waals surface area contributed by atoms with E-state index in [4.69, 9.17) is 4.74 Å². The summed E-state index contributed by atoms with van der Waals surface area (Å²) in [6.07, 6.45) is 0. The van der Waals surface area contributed by atoms with Crippen LogP contribution in [-0.4, -0.2) is 17.6 Å². The molecule has 2 aromatic carbocycles. The van der Waals surface area contributed by atoms with Crippen LogP contribution in [0.25, 0.3) is 10.8 Å². The molecule has 76 valence electrons. The molecule has 1 atom stereocenters. The van der Waals surface area contributed by atoms with Gasteiger partial charge in [-0.1, -0.05) is 30.3 Å². The Kier molecular flexibility index (Phi) is 2.29. The van der Waals surface area contributed by atoms with Gasteiger partial charge in [0.05, 0.1) is 0 Å². The summed E-state index contributed by atoms with van der Waals surface area (Å²) in [4.78, 5) is 0. The Morgan fingerprint density at radius 3 is 2.73 bits per heavy atom. The molecule has 0 N–H and O–H groups in total. The predicted octanol–water partition coefficient (Wildman–Crippen LogP) is 3.33. The first-order chi connectivity index (χ1) is 7.42. The predicted molar refractivity (Wildman–Crippen MR) is 65.7 cm³/mol. The van der Waals surface area contributed by atoms with Crippen molar-refractivity contribution in [2.45, 2.75) is 5.25 Å². The van der Waals surface area contributed by atoms with Crippen molar-refractivity contribution in [2.24, 2.45) is 0 Å². The van der Waals surface area contributed by atoms with Crippen LogP contribution in [0.1, 0.15) is 0 Å². The Balaban J connectivity index is 1.84. The molecular weight excluding hydrogens is 204 g/mol. The molecule has 0 spiro atoms. The highest BCUT2D eigenvalue weighted by molar-refractivity contribution is 8.06. The molecular formula is C13H12OS. The summed E-state index contributed by atoms with van der Waals surface area (Å²) < 4.78 is 5.72. The van der Waals surface area contributed by atoms with Crippen molar-refractivity contribution in [1.29, 1.82) is 0 Å². The fourth-order valence-electron chi connectivity index (χ4n) is 1.61. The Bertz CT molecular complexity index is 477. The molecule has 0 radical (unpaired) electrons. The van der Waals surface area contributed by atoms with Gasteiger partial charge in [0.1, 0.15) is 12.4 Å². The zero-order chi connectivity index (χ0) is 10.1. The lowest BCUT2D eigenvalue weighted by Crippen LogP contribution is -2.02. The maximum atomic E-state index is 5.72. The van der Waals surface area contributed by atoms with Crippen molar-refractivity contribution in [2.75, 3.05) is 12.4 Å². The Labute approximate surface area is 93.4 Å². The zero-order valence-corrected chi connectivity index (χ0v) is 9.17. The molecule has 1 heterocycles. The van der Waals surface area contributed by atoms with Crippen LogP contribution >= 0.6 is 11.8 Å². The van der Waals surface area contributed by atoms with Crippen molar-refractivity contribution in [1.82, 2.24) is 0 Å². The molecule has 1 aliphatic rings. The third-order valence-electron chi connectivity index (χ3n) is 2.56. The third kappa shape index (κ3) is 2.10. The normalized spacial score (nSPS) is 19.1. The highest BCUT2D eigenvalue weighted by atomic mass is 32.2. The molecule has 0 amide bonds. The van der Waals surface area contributed by atoms with Gasteiger partial charge >= 0.3 is 0 Å². The van der Waals surface area contributed by atoms with Crippen molar-refractivity contribution >= 4 is 22.5 Å². The van der Waals surface area contributed by atoms with Crippen LogP contribution in [0, 0.1) is 0 Å². The van der Waals surface area contributed by atoms with E-state index < -0.39 is 0 Å². The van der Waals surface area contributed by atoms with E-state index in [-0.39, 0.29) is 0 Å². The zero-order valence-electron chi connectivity index (χ0n) is 8.35. The number of hydrogen-bond donors (Lipinski definition) is 0. The Morgan fingerprint density at radius 1 is 1.13 bits per heavy atom. The lowest BCUT2D eigenvalue weighted by molar-refractivity contribution is 0.330. The molecule has 0 aromatic heterocycles. The first-order valence-corrected chi connectivity index (χ1v) is 6.20. The van der Waals surface area contributed by atoms with Gasteiger partial charge in [-0.3, -0.25) is 0 Å². The maximum absolute atomic E-state index is 5.72. The van der Waals surface area contributed by atoms with E-state index in [1.807, 2.05) is 11.8 Å². The summed E-state index contributed by atoms with van der Waals surface area (Å²) in [5.74, 6) is 2.24. The highest BCUT2D eigenvalue weighted by Crippen LogP contribution is 2.30. The van der Waals surface area contributed by atoms with Gasteiger partial charge in [0.25, 0.3) is 0 Å². The topological polar surface area (TPSA) is 9.23 Å². The summed E-state index contributed by atoms with van der Waals surface area (Å²) in [5.41, 5.74) is 0. The summed E-state index contributed by atoms with van der Waals surface area (Å²) in [6, 6.07) is 14.6. The maximum Gasteiger partial charge on any atom is 0.119 e. The minimum atomic E-state index is 0.733. The van der Waals surface area contributed by atoms with Crippen LogP contribution in [0.2, 0.25) is 0 Å². The highest BCUT2D eigenvalue weighted by Gasteiger charge is 2.22. The molecule has 1 fully saturated rings. The smallest absolute Gasteiger partial charge is 0.119 e. The van der Waals surface area contributed by atoms with Gasteiger partial charge in [0.15, 0.2) is 0 Å². The largest absolute Gasteiger partial charge is 0.492 e. The van der Waals surface area contributed by atoms with Gasteiger partial charge in [-0.2, -0.15) is 11.8 Å². The average molecular weight is 216 g/mol. The molecule has 2 aromatic rings. The molecule has 15 heavy (non-hydrogen) atoms. The monoisotopic (exact) mass is 216 g/mol. The lowest BCUT2D eigenvalue weighted by Gasteiger charge is -2.05. The molecule has 1 nitrogen and oxygen atoms in total. The second kappa shape index (κ2) is 3.78. The summed E-state index contributed by atoms with van der Waals surface area (Å²) in [5, 5.41) is 3.25. The fraction of sp³-hybridized carbons (Fsp3) is 0.231. The van der Waals surface area contributed by atoms with Gasteiger partial charge in [-0.25, -0.2) is 0 Å². The van der Waals surface area contributed by atoms with E-state index in [0.29, 0.717) is 0 Å². The standard InChI is InChI=1S/C13H12OS/c1-2-4-11-7-12(6-5-10(11)3-1)14-8-13-9-15-13/h1-7,13H,8-9H2/t13-/m1/s1. The van der Waals surface area contributed by atoms with Crippen LogP contribution in [0.5, 0.6) is 5.75 Å². The number of hydrogen-bond acceptors (Lipinski definition) is 2. The van der Waals surface area contributed by atoms with E-state index in [9.17, 15) is 0 Å². The van der Waals surface area contributed by atoms with Gasteiger partial charge in [0, 0.05) is 11.0 Å². The van der Waals surface area contributed by atoms with Crippen LogP contribution < -0.4 is 4.74 Å². The molecule has 0 aliphatic carbocycles. The second-order valence-electron chi connectivity index (χ2n) is 3.78. The lowest BCUT2D eigenvalue weighted by atomic mass is 10.1. The minimum Gasteiger partial charge on any atom is -0.492 e. The molecule has 1 saturated heterocycles. The van der Waals surface area contributed by atoms with Gasteiger partial charge in [-0.15, -0.1) is 0 Å². The summed E-state index contributed by atoms with van der Waals surface area (Å²) in [6.45, 7) is 0.850. The molecule has 1 aliphatic heterocycles. The van der Waals surface area contributed by atoms with Gasteiger partial charge in [-0.05, 0) is 22.9 Å². The average Bonchev–Trinajstić information content (AvgIpc) is 3.10. The van der Waals surface area contributed by atoms with Gasteiger partial charge < -0.3 is 4.74 Å². The number of ether oxygens (including phenoxy) is 1. The number of benzene rings is 2. The summed E-state index contributed by atoms with van der Waals surface area (Å²) in [7, 11) is 0. The molecule has 0 bridgehead atoms. The van der Waals surface area contributed by atoms with Crippen molar-refractivity contribution in [3.8, 4) is 5.75 Å². The van der Waals surface area contributed by atoms with Crippen molar-refractivity contribution in [3.05, 3.63) is 42.5 Å². The number of thioether (sulfide) groups is 1. The Morgan fingerprint density at radius 2 is 1.93 bits per heavy atom. The van der Waals surface area contributed by atoms with E-state index in [1.165, 1.54) is 16.5 Å². The summed E-state index contributed by atoms with van der Waals surface area (Å²) >= 11 is 1.97. The number of rotatable bonds is 3. The van der Waals surface area contributed by atoms with Crippen LogP contribution in [0.15, 0.2) is 42.5 Å². The first kappa shape index (κ1) is 9.10. The third-order valence-corrected chi connectivity index (χ3v) is 3.50. The molecule has 2 heteroatoms. The van der Waals surface area contributed by atoms with Crippen LogP contribution in [0.4, 0.5) is 0 Å². The first-order valence-electron chi connectivity index (χ1n) is 5.15. The van der Waals surface area contributed by atoms with E-state index >= 15 is 0 Å². The van der Waals surface area contributed by atoms with Crippen LogP contribution in [-0.2, 0) is 0 Å². The quantitative estimate of drug-likeness (QED) is 0.728. The van der Waals surface area contributed by atoms with E-state index in [2.05, 4.69) is 42.5 Å². The fourth-order valence-corrected chi connectivity index (χ4v) is 2.01. The van der Waals surface area contributed by atoms with Gasteiger partial charge in [0.2, 0.25) is 0 Å².